The number of nitrogens with one attached hydrogen (secondary N) is 2. The molecule has 3 aromatic carbocycles. The molecule has 2 N–H and O–H groups in total. The minimum atomic E-state index is -1.30. The van der Waals surface area contributed by atoms with Gasteiger partial charge in [0.2, 0.25) is 6.10 Å². The lowest BCUT2D eigenvalue weighted by molar-refractivity contribution is -0.129. The number of benzene rings is 3. The Morgan fingerprint density at radius 1 is 0.800 bits per heavy atom. The third kappa shape index (κ3) is 5.45. The SMILES string of the molecule is CNC(=O)NC(=O)[C@@H](OC(=O)c1cccc(Oc2ccccc2)c1)c1ccccc1. The predicted octanol–water partition coefficient (Wildman–Crippen LogP) is 3.83. The van der Waals surface area contributed by atoms with Crippen LogP contribution in [0.2, 0.25) is 0 Å². The first-order valence-electron chi connectivity index (χ1n) is 9.18. The van der Waals surface area contributed by atoms with E-state index in [-0.39, 0.29) is 5.56 Å². The van der Waals surface area contributed by atoms with E-state index < -0.39 is 24.0 Å². The molecule has 1 atom stereocenters. The van der Waals surface area contributed by atoms with E-state index >= 15 is 0 Å². The van der Waals surface area contributed by atoms with Crippen LogP contribution in [0.15, 0.2) is 84.9 Å². The molecule has 0 heterocycles. The van der Waals surface area contributed by atoms with Crippen molar-refractivity contribution in [1.29, 1.82) is 0 Å². The van der Waals surface area contributed by atoms with Crippen molar-refractivity contribution in [3.63, 3.8) is 0 Å². The quantitative estimate of drug-likeness (QED) is 0.609. The van der Waals surface area contributed by atoms with Crippen LogP contribution < -0.4 is 15.4 Å². The predicted molar refractivity (Wildman–Crippen MR) is 110 cm³/mol. The third-order valence-corrected chi connectivity index (χ3v) is 4.08. The first-order valence-corrected chi connectivity index (χ1v) is 9.18. The fourth-order valence-corrected chi connectivity index (χ4v) is 2.63. The molecule has 0 aliphatic heterocycles. The molecule has 0 unspecified atom stereocenters. The first-order chi connectivity index (χ1) is 14.6. The molecule has 3 rings (SSSR count). The Balaban J connectivity index is 1.79. The maximum atomic E-state index is 12.7. The minimum Gasteiger partial charge on any atom is -0.457 e. The van der Waals surface area contributed by atoms with Gasteiger partial charge >= 0.3 is 12.0 Å². The van der Waals surface area contributed by atoms with E-state index in [0.717, 1.165) is 0 Å². The lowest BCUT2D eigenvalue weighted by Gasteiger charge is -2.17. The number of amides is 3. The molecule has 0 bridgehead atoms. The summed E-state index contributed by atoms with van der Waals surface area (Å²) in [5, 5.41) is 4.43. The second-order valence-electron chi connectivity index (χ2n) is 6.21. The van der Waals surface area contributed by atoms with Crippen LogP contribution in [-0.4, -0.2) is 25.0 Å². The van der Waals surface area contributed by atoms with E-state index in [4.69, 9.17) is 9.47 Å². The molecular formula is C23H20N2O5. The van der Waals surface area contributed by atoms with Crippen molar-refractivity contribution in [1.82, 2.24) is 10.6 Å². The Labute approximate surface area is 173 Å². The molecule has 0 radical (unpaired) electrons. The lowest BCUT2D eigenvalue weighted by atomic mass is 10.1. The summed E-state index contributed by atoms with van der Waals surface area (Å²) in [6.07, 6.45) is -1.30. The Kier molecular flexibility index (Phi) is 6.78. The van der Waals surface area contributed by atoms with Crippen LogP contribution in [0.25, 0.3) is 0 Å². The van der Waals surface area contributed by atoms with Crippen LogP contribution in [0.4, 0.5) is 4.79 Å². The van der Waals surface area contributed by atoms with Gasteiger partial charge in [-0.1, -0.05) is 54.6 Å². The van der Waals surface area contributed by atoms with Crippen LogP contribution >= 0.6 is 0 Å². The maximum absolute atomic E-state index is 12.7. The number of imide groups is 1. The number of carbonyl (C=O) groups is 3. The van der Waals surface area contributed by atoms with E-state index in [2.05, 4.69) is 10.6 Å². The maximum Gasteiger partial charge on any atom is 0.339 e. The van der Waals surface area contributed by atoms with E-state index in [1.165, 1.54) is 13.1 Å². The van der Waals surface area contributed by atoms with Crippen molar-refractivity contribution < 1.29 is 23.9 Å². The standard InChI is InChI=1S/C23H20N2O5/c1-24-23(28)25-21(26)20(16-9-4-2-5-10-16)30-22(27)17-11-8-14-19(15-17)29-18-12-6-3-7-13-18/h2-15,20H,1H3,(H2,24,25,26,28)/t20-/m0/s1. The van der Waals surface area contributed by atoms with Crippen molar-refractivity contribution in [3.05, 3.63) is 96.1 Å². The number of carbonyl (C=O) groups excluding carboxylic acids is 3. The van der Waals surface area contributed by atoms with Crippen LogP contribution in [0.1, 0.15) is 22.0 Å². The minimum absolute atomic E-state index is 0.206. The Hall–Kier alpha value is -4.13. The van der Waals surface area contributed by atoms with Crippen LogP contribution in [-0.2, 0) is 9.53 Å². The number of hydrogen-bond donors (Lipinski definition) is 2. The molecule has 0 saturated carbocycles. The van der Waals surface area contributed by atoms with Crippen molar-refractivity contribution >= 4 is 17.9 Å². The lowest BCUT2D eigenvalue weighted by Crippen LogP contribution is -2.41. The number of rotatable bonds is 6. The summed E-state index contributed by atoms with van der Waals surface area (Å²) in [5.74, 6) is -0.420. The molecule has 0 aliphatic rings. The highest BCUT2D eigenvalue weighted by Gasteiger charge is 2.27. The first kappa shape index (κ1) is 20.6. The highest BCUT2D eigenvalue weighted by Crippen LogP contribution is 2.24. The molecule has 3 amide bonds. The third-order valence-electron chi connectivity index (χ3n) is 4.08. The van der Waals surface area contributed by atoms with Gasteiger partial charge in [-0.3, -0.25) is 10.1 Å². The van der Waals surface area contributed by atoms with Crippen LogP contribution in [0.5, 0.6) is 11.5 Å². The number of hydrogen-bond acceptors (Lipinski definition) is 5. The second-order valence-corrected chi connectivity index (χ2v) is 6.21. The smallest absolute Gasteiger partial charge is 0.339 e. The second kappa shape index (κ2) is 9.88. The summed E-state index contributed by atoms with van der Waals surface area (Å²) >= 11 is 0. The van der Waals surface area contributed by atoms with Gasteiger partial charge in [0.15, 0.2) is 0 Å². The van der Waals surface area contributed by atoms with Gasteiger partial charge in [-0.2, -0.15) is 0 Å². The molecular weight excluding hydrogens is 384 g/mol. The van der Waals surface area contributed by atoms with Gasteiger partial charge in [0.05, 0.1) is 5.56 Å². The van der Waals surface area contributed by atoms with E-state index in [1.807, 2.05) is 18.2 Å². The molecule has 3 aromatic rings. The molecule has 0 saturated heterocycles. The average Bonchev–Trinajstić information content (AvgIpc) is 2.78. The zero-order chi connectivity index (χ0) is 21.3. The van der Waals surface area contributed by atoms with E-state index in [9.17, 15) is 14.4 Å². The Morgan fingerprint density at radius 2 is 1.43 bits per heavy atom. The topological polar surface area (TPSA) is 93.7 Å². The highest BCUT2D eigenvalue weighted by atomic mass is 16.5. The number of esters is 1. The highest BCUT2D eigenvalue weighted by molar-refractivity contribution is 5.99. The summed E-state index contributed by atoms with van der Waals surface area (Å²) in [6.45, 7) is 0. The normalized spacial score (nSPS) is 11.1. The molecule has 152 valence electrons. The van der Waals surface area contributed by atoms with Crippen LogP contribution in [0.3, 0.4) is 0 Å². The van der Waals surface area contributed by atoms with Crippen LogP contribution in [0, 0.1) is 0 Å². The fraction of sp³-hybridized carbons (Fsp3) is 0.0870. The Morgan fingerprint density at radius 3 is 2.10 bits per heavy atom. The molecule has 0 aliphatic carbocycles. The number of ether oxygens (including phenoxy) is 2. The molecule has 7 nitrogen and oxygen atoms in total. The fourth-order valence-electron chi connectivity index (χ4n) is 2.63. The van der Waals surface area contributed by atoms with Gasteiger partial charge in [-0.15, -0.1) is 0 Å². The van der Waals surface area contributed by atoms with Gasteiger partial charge in [-0.05, 0) is 30.3 Å². The summed E-state index contributed by atoms with van der Waals surface area (Å²) in [7, 11) is 1.38. The monoisotopic (exact) mass is 404 g/mol. The van der Waals surface area contributed by atoms with E-state index in [0.29, 0.717) is 17.1 Å². The Bertz CT molecular complexity index is 1020. The van der Waals surface area contributed by atoms with Gasteiger partial charge in [0.25, 0.3) is 5.91 Å². The van der Waals surface area contributed by atoms with Gasteiger partial charge in [0, 0.05) is 12.6 Å². The average molecular weight is 404 g/mol. The van der Waals surface area contributed by atoms with Gasteiger partial charge in [-0.25, -0.2) is 9.59 Å². The zero-order valence-corrected chi connectivity index (χ0v) is 16.2. The van der Waals surface area contributed by atoms with E-state index in [1.54, 1.807) is 60.7 Å². The molecule has 7 heteroatoms. The molecule has 30 heavy (non-hydrogen) atoms. The largest absolute Gasteiger partial charge is 0.457 e. The number of para-hydroxylation sites is 1. The van der Waals surface area contributed by atoms with Crippen molar-refractivity contribution in [2.75, 3.05) is 7.05 Å². The summed E-state index contributed by atoms with van der Waals surface area (Å²) in [6, 6.07) is 23.3. The molecule has 0 aromatic heterocycles. The van der Waals surface area contributed by atoms with Crippen molar-refractivity contribution in [3.8, 4) is 11.5 Å². The molecule has 0 spiro atoms. The van der Waals surface area contributed by atoms with Crippen molar-refractivity contribution in [2.24, 2.45) is 0 Å². The summed E-state index contributed by atoms with van der Waals surface area (Å²) < 4.78 is 11.2. The number of urea groups is 1. The summed E-state index contributed by atoms with van der Waals surface area (Å²) in [4.78, 5) is 36.8. The zero-order valence-electron chi connectivity index (χ0n) is 16.2. The molecule has 0 fully saturated rings. The van der Waals surface area contributed by atoms with Gasteiger partial charge < -0.3 is 14.8 Å². The van der Waals surface area contributed by atoms with Crippen molar-refractivity contribution in [2.45, 2.75) is 6.10 Å². The summed E-state index contributed by atoms with van der Waals surface area (Å²) in [5.41, 5.74) is 0.640. The van der Waals surface area contributed by atoms with Gasteiger partial charge in [0.1, 0.15) is 11.5 Å².